The van der Waals surface area contributed by atoms with Crippen LogP contribution in [0.4, 0.5) is 5.69 Å². The van der Waals surface area contributed by atoms with Crippen molar-refractivity contribution in [3.05, 3.63) is 29.8 Å². The molecule has 8 nitrogen and oxygen atoms in total. The largest absolute Gasteiger partial charge is 0.463 e. The molecular weight excluding hydrogens is 358 g/mol. The second-order valence-corrected chi connectivity index (χ2v) is 5.56. The van der Waals surface area contributed by atoms with E-state index < -0.39 is 11.9 Å². The Balaban J connectivity index is 2.35. The number of hydrogen-bond acceptors (Lipinski definition) is 6. The van der Waals surface area contributed by atoms with E-state index in [-0.39, 0.29) is 30.5 Å². The highest BCUT2D eigenvalue weighted by Gasteiger charge is 2.10. The first-order valence-electron chi connectivity index (χ1n) is 8.10. The lowest BCUT2D eigenvalue weighted by Crippen LogP contribution is -2.34. The summed E-state index contributed by atoms with van der Waals surface area (Å²) in [5.41, 5.74) is 1.15. The monoisotopic (exact) mass is 381 g/mol. The van der Waals surface area contributed by atoms with Gasteiger partial charge in [0.2, 0.25) is 5.91 Å². The Morgan fingerprint density at radius 3 is 2.38 bits per heavy atom. The third-order valence-corrected chi connectivity index (χ3v) is 3.31. The highest BCUT2D eigenvalue weighted by Crippen LogP contribution is 2.09. The molecule has 0 fully saturated rings. The predicted octanol–water partition coefficient (Wildman–Crippen LogP) is 1.22. The van der Waals surface area contributed by atoms with Gasteiger partial charge >= 0.3 is 5.97 Å². The number of ether oxygens (including phenoxy) is 2. The summed E-state index contributed by atoms with van der Waals surface area (Å²) in [5, 5.41) is 8.12. The maximum atomic E-state index is 11.8. The highest BCUT2D eigenvalue weighted by atomic mass is 32.1. The summed E-state index contributed by atoms with van der Waals surface area (Å²) >= 11 is 5.05. The topological polar surface area (TPSA) is 106 Å². The molecule has 0 saturated heterocycles. The molecule has 9 heteroatoms. The maximum Gasteiger partial charge on any atom is 0.306 e. The van der Waals surface area contributed by atoms with Crippen LogP contribution < -0.4 is 16.0 Å². The van der Waals surface area contributed by atoms with Crippen LogP contribution in [-0.4, -0.2) is 49.8 Å². The summed E-state index contributed by atoms with van der Waals surface area (Å²) < 4.78 is 9.61. The zero-order valence-corrected chi connectivity index (χ0v) is 15.6. The number of thiocarbonyl (C=S) groups is 1. The molecule has 0 unspecified atom stereocenters. The lowest BCUT2D eigenvalue weighted by atomic mass is 10.2. The van der Waals surface area contributed by atoms with Gasteiger partial charge in [-0.3, -0.25) is 14.4 Å². The summed E-state index contributed by atoms with van der Waals surface area (Å²) in [6.07, 6.45) is -0.0802. The predicted molar refractivity (Wildman–Crippen MR) is 101 cm³/mol. The summed E-state index contributed by atoms with van der Waals surface area (Å²) in [7, 11) is 1.50. The van der Waals surface area contributed by atoms with Gasteiger partial charge in [0.1, 0.15) is 6.61 Å². The van der Waals surface area contributed by atoms with E-state index in [0.717, 1.165) is 0 Å². The highest BCUT2D eigenvalue weighted by molar-refractivity contribution is 7.80. The van der Waals surface area contributed by atoms with Gasteiger partial charge in [-0.2, -0.15) is 0 Å². The number of amides is 2. The van der Waals surface area contributed by atoms with E-state index in [4.69, 9.17) is 21.7 Å². The Morgan fingerprint density at radius 1 is 1.08 bits per heavy atom. The molecule has 0 aliphatic heterocycles. The van der Waals surface area contributed by atoms with Crippen molar-refractivity contribution in [2.24, 2.45) is 0 Å². The molecule has 1 rings (SSSR count). The van der Waals surface area contributed by atoms with Gasteiger partial charge in [-0.25, -0.2) is 0 Å². The quantitative estimate of drug-likeness (QED) is 0.335. The normalized spacial score (nSPS) is 9.92. The van der Waals surface area contributed by atoms with Crippen LogP contribution >= 0.6 is 12.2 Å². The van der Waals surface area contributed by atoms with Gasteiger partial charge in [-0.05, 0) is 43.4 Å². The van der Waals surface area contributed by atoms with Gasteiger partial charge in [0.25, 0.3) is 5.91 Å². The van der Waals surface area contributed by atoms with Crippen molar-refractivity contribution in [1.29, 1.82) is 0 Å². The number of carbonyl (C=O) groups is 3. The molecule has 0 bridgehead atoms. The number of esters is 1. The molecule has 142 valence electrons. The lowest BCUT2D eigenvalue weighted by molar-refractivity contribution is -0.146. The standard InChI is InChI=1S/C17H23N3O5S/c1-3-18-16(23)12-4-6-13(7-5-12)19-17(26)20-14(21)8-9-15(22)25-11-10-24-2/h4-7H,3,8-11H2,1-2H3,(H,18,23)(H2,19,20,21,26). The van der Waals surface area contributed by atoms with Crippen LogP contribution in [0.3, 0.4) is 0 Å². The smallest absolute Gasteiger partial charge is 0.306 e. The van der Waals surface area contributed by atoms with E-state index in [1.807, 2.05) is 6.92 Å². The Bertz CT molecular complexity index is 634. The van der Waals surface area contributed by atoms with E-state index in [0.29, 0.717) is 24.4 Å². The number of anilines is 1. The van der Waals surface area contributed by atoms with Gasteiger partial charge in [-0.15, -0.1) is 0 Å². The van der Waals surface area contributed by atoms with Crippen molar-refractivity contribution in [3.63, 3.8) is 0 Å². The molecule has 1 aromatic carbocycles. The van der Waals surface area contributed by atoms with E-state index in [2.05, 4.69) is 16.0 Å². The third kappa shape index (κ3) is 8.54. The molecule has 1 aromatic rings. The Labute approximate surface area is 157 Å². The van der Waals surface area contributed by atoms with Gasteiger partial charge in [0, 0.05) is 31.3 Å². The van der Waals surface area contributed by atoms with Crippen LogP contribution in [0, 0.1) is 0 Å². The van der Waals surface area contributed by atoms with Crippen molar-refractivity contribution in [3.8, 4) is 0 Å². The fourth-order valence-electron chi connectivity index (χ4n) is 1.85. The summed E-state index contributed by atoms with van der Waals surface area (Å²) in [5.74, 6) is -1.03. The zero-order chi connectivity index (χ0) is 19.4. The lowest BCUT2D eigenvalue weighted by Gasteiger charge is -2.10. The van der Waals surface area contributed by atoms with Crippen LogP contribution in [0.25, 0.3) is 0 Å². The van der Waals surface area contributed by atoms with E-state index in [1.165, 1.54) is 7.11 Å². The second kappa shape index (κ2) is 11.9. The molecule has 0 aliphatic rings. The van der Waals surface area contributed by atoms with Crippen LogP contribution in [0.15, 0.2) is 24.3 Å². The van der Waals surface area contributed by atoms with Crippen molar-refractivity contribution >= 4 is 40.8 Å². The van der Waals surface area contributed by atoms with Crippen LogP contribution in [0.2, 0.25) is 0 Å². The van der Waals surface area contributed by atoms with Gasteiger partial charge < -0.3 is 25.4 Å². The molecular formula is C17H23N3O5S. The molecule has 0 saturated carbocycles. The maximum absolute atomic E-state index is 11.8. The minimum Gasteiger partial charge on any atom is -0.463 e. The fourth-order valence-corrected chi connectivity index (χ4v) is 2.08. The van der Waals surface area contributed by atoms with Crippen LogP contribution in [0.1, 0.15) is 30.1 Å². The molecule has 0 heterocycles. The molecule has 0 radical (unpaired) electrons. The van der Waals surface area contributed by atoms with Gasteiger partial charge in [-0.1, -0.05) is 0 Å². The van der Waals surface area contributed by atoms with Gasteiger partial charge in [0.05, 0.1) is 13.0 Å². The van der Waals surface area contributed by atoms with Crippen molar-refractivity contribution in [1.82, 2.24) is 10.6 Å². The minimum absolute atomic E-state index is 0.0379. The number of methoxy groups -OCH3 is 1. The molecule has 0 aromatic heterocycles. The van der Waals surface area contributed by atoms with Crippen LogP contribution in [-0.2, 0) is 19.1 Å². The summed E-state index contributed by atoms with van der Waals surface area (Å²) in [4.78, 5) is 34.8. The Morgan fingerprint density at radius 2 is 1.77 bits per heavy atom. The molecule has 0 atom stereocenters. The van der Waals surface area contributed by atoms with Crippen molar-refractivity contribution in [2.75, 3.05) is 32.2 Å². The average Bonchev–Trinajstić information content (AvgIpc) is 2.61. The molecule has 0 spiro atoms. The van der Waals surface area contributed by atoms with E-state index >= 15 is 0 Å². The number of rotatable bonds is 9. The average molecular weight is 381 g/mol. The first kappa shape index (κ1) is 21.5. The molecule has 3 N–H and O–H groups in total. The number of benzene rings is 1. The summed E-state index contributed by atoms with van der Waals surface area (Å²) in [6.45, 7) is 2.86. The second-order valence-electron chi connectivity index (χ2n) is 5.15. The fraction of sp³-hybridized carbons (Fsp3) is 0.412. The number of nitrogens with one attached hydrogen (secondary N) is 3. The third-order valence-electron chi connectivity index (χ3n) is 3.10. The van der Waals surface area contributed by atoms with E-state index in [9.17, 15) is 14.4 Å². The first-order valence-corrected chi connectivity index (χ1v) is 8.50. The van der Waals surface area contributed by atoms with Crippen molar-refractivity contribution < 1.29 is 23.9 Å². The summed E-state index contributed by atoms with van der Waals surface area (Å²) in [6, 6.07) is 6.65. The number of carbonyl (C=O) groups excluding carboxylic acids is 3. The Hall–Kier alpha value is -2.52. The Kier molecular flexibility index (Phi) is 9.88. The zero-order valence-electron chi connectivity index (χ0n) is 14.8. The van der Waals surface area contributed by atoms with Crippen molar-refractivity contribution in [2.45, 2.75) is 19.8 Å². The first-order chi connectivity index (χ1) is 12.5. The van der Waals surface area contributed by atoms with E-state index in [1.54, 1.807) is 24.3 Å². The molecule has 2 amide bonds. The van der Waals surface area contributed by atoms with Crippen LogP contribution in [0.5, 0.6) is 0 Å². The van der Waals surface area contributed by atoms with Gasteiger partial charge in [0.15, 0.2) is 5.11 Å². The SMILES string of the molecule is CCNC(=O)c1ccc(NC(=S)NC(=O)CCC(=O)OCCOC)cc1. The number of hydrogen-bond donors (Lipinski definition) is 3. The minimum atomic E-state index is -0.475. The molecule has 26 heavy (non-hydrogen) atoms. The molecule has 0 aliphatic carbocycles.